The van der Waals surface area contributed by atoms with Crippen LogP contribution in [0.5, 0.6) is 34.5 Å². The molecule has 2 aromatic carbocycles. The van der Waals surface area contributed by atoms with Gasteiger partial charge in [-0.05, 0) is 18.2 Å². The molecule has 1 fully saturated rings. The zero-order valence-corrected chi connectivity index (χ0v) is 19.9. The van der Waals surface area contributed by atoms with Gasteiger partial charge in [-0.1, -0.05) is 0 Å². The standard InChI is InChI=1S/C24H26O13/c1-32-11-6-9(4-5-10(11)26)21-23(34-3)18(29)15-12(35-21)7-13(33-2)22(17(15)28)37-24-20(31)19(30)16(27)14(8-25)36-24/h4-7,14,16,19-20,24-28,30-31H,8H2,1-3H3/t14-,16+,19-,20+,24-/m1/s1. The Morgan fingerprint density at radius 2 is 1.59 bits per heavy atom. The fourth-order valence-electron chi connectivity index (χ4n) is 4.02. The summed E-state index contributed by atoms with van der Waals surface area (Å²) in [4.78, 5) is 13.4. The number of fused-ring (bicyclic) bond motifs is 1. The first-order chi connectivity index (χ1) is 17.7. The molecule has 200 valence electrons. The Labute approximate surface area is 209 Å². The lowest BCUT2D eigenvalue weighted by Gasteiger charge is -2.39. The highest BCUT2D eigenvalue weighted by Gasteiger charge is 2.45. The molecule has 5 atom stereocenters. The number of phenols is 2. The summed E-state index contributed by atoms with van der Waals surface area (Å²) in [5.74, 6) is -1.64. The van der Waals surface area contributed by atoms with Gasteiger partial charge in [0.2, 0.25) is 23.2 Å². The Kier molecular flexibility index (Phi) is 7.34. The predicted molar refractivity (Wildman–Crippen MR) is 125 cm³/mol. The van der Waals surface area contributed by atoms with Crippen molar-refractivity contribution in [3.8, 4) is 45.8 Å². The lowest BCUT2D eigenvalue weighted by atomic mass is 9.99. The van der Waals surface area contributed by atoms with E-state index in [4.69, 9.17) is 28.1 Å². The van der Waals surface area contributed by atoms with E-state index in [1.807, 2.05) is 0 Å². The number of rotatable bonds is 7. The fourth-order valence-corrected chi connectivity index (χ4v) is 4.02. The van der Waals surface area contributed by atoms with Crippen LogP contribution >= 0.6 is 0 Å². The highest BCUT2D eigenvalue weighted by Crippen LogP contribution is 2.45. The molecule has 0 radical (unpaired) electrons. The normalized spacial score (nSPS) is 23.6. The van der Waals surface area contributed by atoms with Crippen molar-refractivity contribution in [3.63, 3.8) is 0 Å². The number of benzene rings is 2. The number of phenolic OH excluding ortho intramolecular Hbond substituents is 2. The first-order valence-electron chi connectivity index (χ1n) is 11.0. The molecule has 3 aromatic rings. The van der Waals surface area contributed by atoms with Crippen molar-refractivity contribution in [2.45, 2.75) is 30.7 Å². The van der Waals surface area contributed by atoms with E-state index in [-0.39, 0.29) is 39.7 Å². The lowest BCUT2D eigenvalue weighted by molar-refractivity contribution is -0.277. The van der Waals surface area contributed by atoms with Crippen molar-refractivity contribution >= 4 is 11.0 Å². The van der Waals surface area contributed by atoms with Crippen LogP contribution in [-0.4, -0.2) is 89.3 Å². The third-order valence-electron chi connectivity index (χ3n) is 5.98. The summed E-state index contributed by atoms with van der Waals surface area (Å²) in [6.07, 6.45) is -8.08. The molecule has 0 saturated carbocycles. The SMILES string of the molecule is COc1cc(-c2oc3cc(OC)c(O[C@H]4O[C@H](CO)[C@H](O)[C@@H](O)[C@@H]4O)c(O)c3c(=O)c2OC)ccc1O. The van der Waals surface area contributed by atoms with Gasteiger partial charge in [-0.25, -0.2) is 0 Å². The summed E-state index contributed by atoms with van der Waals surface area (Å²) in [5.41, 5.74) is -0.585. The summed E-state index contributed by atoms with van der Waals surface area (Å²) >= 11 is 0. The van der Waals surface area contributed by atoms with Gasteiger partial charge >= 0.3 is 0 Å². The Bertz CT molecular complexity index is 1350. The molecule has 6 N–H and O–H groups in total. The number of ether oxygens (including phenoxy) is 5. The monoisotopic (exact) mass is 522 g/mol. The van der Waals surface area contributed by atoms with Gasteiger partial charge in [0, 0.05) is 11.6 Å². The average molecular weight is 522 g/mol. The van der Waals surface area contributed by atoms with E-state index in [0.29, 0.717) is 5.56 Å². The molecular formula is C24H26O13. The van der Waals surface area contributed by atoms with Crippen molar-refractivity contribution < 1.29 is 58.7 Å². The topological polar surface area (TPSA) is 198 Å². The van der Waals surface area contributed by atoms with E-state index in [1.165, 1.54) is 45.6 Å². The number of hydrogen-bond acceptors (Lipinski definition) is 13. The molecular weight excluding hydrogens is 496 g/mol. The van der Waals surface area contributed by atoms with E-state index in [1.54, 1.807) is 0 Å². The van der Waals surface area contributed by atoms with Gasteiger partial charge in [0.05, 0.1) is 27.9 Å². The van der Waals surface area contributed by atoms with E-state index in [0.717, 1.165) is 0 Å². The summed E-state index contributed by atoms with van der Waals surface area (Å²) in [7, 11) is 3.83. The predicted octanol–water partition coefficient (Wildman–Crippen LogP) is 0.0757. The highest BCUT2D eigenvalue weighted by molar-refractivity contribution is 5.91. The van der Waals surface area contributed by atoms with Gasteiger partial charge in [0.1, 0.15) is 35.4 Å². The second-order valence-corrected chi connectivity index (χ2v) is 8.13. The highest BCUT2D eigenvalue weighted by atomic mass is 16.7. The smallest absolute Gasteiger partial charge is 0.239 e. The van der Waals surface area contributed by atoms with Crippen molar-refractivity contribution in [2.75, 3.05) is 27.9 Å². The third-order valence-corrected chi connectivity index (χ3v) is 5.98. The molecule has 1 aliphatic rings. The summed E-state index contributed by atoms with van der Waals surface area (Å²) in [5, 5.41) is 60.3. The van der Waals surface area contributed by atoms with Gasteiger partial charge in [-0.15, -0.1) is 0 Å². The molecule has 1 aromatic heterocycles. The first kappa shape index (κ1) is 26.3. The third kappa shape index (κ3) is 4.47. The van der Waals surface area contributed by atoms with Crippen LogP contribution in [0.1, 0.15) is 0 Å². The van der Waals surface area contributed by atoms with Crippen LogP contribution in [-0.2, 0) is 4.74 Å². The molecule has 0 unspecified atom stereocenters. The summed E-state index contributed by atoms with van der Waals surface area (Å²) in [6.45, 7) is -0.697. The number of aromatic hydroxyl groups is 2. The number of aliphatic hydroxyl groups is 4. The number of aliphatic hydroxyl groups excluding tert-OH is 4. The van der Waals surface area contributed by atoms with Gasteiger partial charge in [-0.3, -0.25) is 4.79 Å². The second kappa shape index (κ2) is 10.3. The first-order valence-corrected chi connectivity index (χ1v) is 11.0. The lowest BCUT2D eigenvalue weighted by Crippen LogP contribution is -2.60. The van der Waals surface area contributed by atoms with E-state index < -0.39 is 54.2 Å². The van der Waals surface area contributed by atoms with Crippen LogP contribution in [0.25, 0.3) is 22.3 Å². The molecule has 13 nitrogen and oxygen atoms in total. The molecule has 1 aliphatic heterocycles. The molecule has 0 amide bonds. The van der Waals surface area contributed by atoms with Crippen LogP contribution in [0.2, 0.25) is 0 Å². The zero-order valence-electron chi connectivity index (χ0n) is 19.9. The van der Waals surface area contributed by atoms with Crippen molar-refractivity contribution in [1.29, 1.82) is 0 Å². The molecule has 13 heteroatoms. The minimum atomic E-state index is -1.78. The average Bonchev–Trinajstić information content (AvgIpc) is 2.89. The van der Waals surface area contributed by atoms with E-state index in [2.05, 4.69) is 0 Å². The van der Waals surface area contributed by atoms with Gasteiger partial charge in [0.25, 0.3) is 0 Å². The Balaban J connectivity index is 1.86. The van der Waals surface area contributed by atoms with Crippen LogP contribution in [0.15, 0.2) is 33.5 Å². The Hall–Kier alpha value is -3.75. The van der Waals surface area contributed by atoms with Crippen LogP contribution < -0.4 is 24.4 Å². The minimum absolute atomic E-state index is 0.0256. The molecule has 0 bridgehead atoms. The molecule has 0 spiro atoms. The molecule has 0 aliphatic carbocycles. The van der Waals surface area contributed by atoms with Crippen LogP contribution in [0.4, 0.5) is 0 Å². The second-order valence-electron chi connectivity index (χ2n) is 8.13. The molecule has 2 heterocycles. The maximum absolute atomic E-state index is 13.4. The summed E-state index contributed by atoms with van der Waals surface area (Å²) < 4.78 is 32.5. The fraction of sp³-hybridized carbons (Fsp3) is 0.375. The van der Waals surface area contributed by atoms with Gasteiger partial charge in [0.15, 0.2) is 28.8 Å². The number of hydrogen-bond donors (Lipinski definition) is 6. The molecule has 37 heavy (non-hydrogen) atoms. The molecule has 4 rings (SSSR count). The largest absolute Gasteiger partial charge is 0.504 e. The minimum Gasteiger partial charge on any atom is -0.504 e. The quantitative estimate of drug-likeness (QED) is 0.244. The van der Waals surface area contributed by atoms with Crippen LogP contribution in [0, 0.1) is 0 Å². The van der Waals surface area contributed by atoms with E-state index >= 15 is 0 Å². The van der Waals surface area contributed by atoms with Crippen molar-refractivity contribution in [2.24, 2.45) is 0 Å². The van der Waals surface area contributed by atoms with Crippen molar-refractivity contribution in [3.05, 3.63) is 34.5 Å². The number of methoxy groups -OCH3 is 3. The Morgan fingerprint density at radius 1 is 0.892 bits per heavy atom. The maximum Gasteiger partial charge on any atom is 0.239 e. The molecule has 1 saturated heterocycles. The van der Waals surface area contributed by atoms with Crippen molar-refractivity contribution in [1.82, 2.24) is 0 Å². The summed E-state index contributed by atoms with van der Waals surface area (Å²) in [6, 6.07) is 5.48. The van der Waals surface area contributed by atoms with Crippen LogP contribution in [0.3, 0.4) is 0 Å². The zero-order chi connectivity index (χ0) is 27.0. The van der Waals surface area contributed by atoms with Gasteiger partial charge in [-0.2, -0.15) is 0 Å². The van der Waals surface area contributed by atoms with E-state index in [9.17, 15) is 35.4 Å². The van der Waals surface area contributed by atoms with Gasteiger partial charge < -0.3 is 58.7 Å². The maximum atomic E-state index is 13.4. The Morgan fingerprint density at radius 3 is 2.22 bits per heavy atom.